The van der Waals surface area contributed by atoms with E-state index in [0.29, 0.717) is 12.3 Å². The molecule has 2 heterocycles. The number of hydrogen-bond acceptors (Lipinski definition) is 3. The van der Waals surface area contributed by atoms with Gasteiger partial charge in [-0.2, -0.15) is 0 Å². The van der Waals surface area contributed by atoms with Crippen molar-refractivity contribution in [3.63, 3.8) is 0 Å². The van der Waals surface area contributed by atoms with Crippen LogP contribution in [0.5, 0.6) is 0 Å². The third-order valence-electron chi connectivity index (χ3n) is 3.60. The van der Waals surface area contributed by atoms with Crippen LogP contribution in [0.1, 0.15) is 22.9 Å². The zero-order valence-corrected chi connectivity index (χ0v) is 11.5. The molecule has 1 unspecified atom stereocenters. The molecule has 2 aromatic rings. The van der Waals surface area contributed by atoms with Crippen molar-refractivity contribution in [2.45, 2.75) is 18.8 Å². The van der Waals surface area contributed by atoms with Crippen LogP contribution in [0.25, 0.3) is 0 Å². The van der Waals surface area contributed by atoms with Gasteiger partial charge in [-0.3, -0.25) is 4.79 Å². The molecular weight excluding hydrogens is 256 g/mol. The lowest BCUT2D eigenvalue weighted by Gasteiger charge is -2.16. The van der Waals surface area contributed by atoms with Crippen LogP contribution in [-0.4, -0.2) is 28.9 Å². The van der Waals surface area contributed by atoms with Crippen LogP contribution in [0, 0.1) is 0 Å². The van der Waals surface area contributed by atoms with Gasteiger partial charge in [0.2, 0.25) is 5.91 Å². The molecule has 1 aliphatic rings. The monoisotopic (exact) mass is 272 g/mol. The molecule has 1 aliphatic heterocycles. The quantitative estimate of drug-likeness (QED) is 0.860. The molecule has 0 N–H and O–H groups in total. The molecule has 0 bridgehead atoms. The van der Waals surface area contributed by atoms with Gasteiger partial charge in [0.05, 0.1) is 6.42 Å². The summed E-state index contributed by atoms with van der Waals surface area (Å²) in [6.07, 6.45) is 3.26. The maximum absolute atomic E-state index is 12.2. The highest BCUT2D eigenvalue weighted by Gasteiger charge is 2.27. The second-order valence-corrected chi connectivity index (χ2v) is 5.82. The first-order chi connectivity index (χ1) is 9.33. The van der Waals surface area contributed by atoms with Gasteiger partial charge < -0.3 is 4.90 Å². The van der Waals surface area contributed by atoms with Crippen LogP contribution in [0.15, 0.2) is 41.9 Å². The molecule has 0 radical (unpaired) electrons. The van der Waals surface area contributed by atoms with E-state index in [1.807, 2.05) is 16.3 Å². The van der Waals surface area contributed by atoms with Crippen LogP contribution in [0.2, 0.25) is 0 Å². The Morgan fingerprint density at radius 1 is 1.37 bits per heavy atom. The van der Waals surface area contributed by atoms with Gasteiger partial charge in [-0.25, -0.2) is 4.98 Å². The van der Waals surface area contributed by atoms with Crippen LogP contribution in [0.3, 0.4) is 0 Å². The molecule has 0 aliphatic carbocycles. The maximum atomic E-state index is 12.2. The van der Waals surface area contributed by atoms with Gasteiger partial charge in [-0.15, -0.1) is 11.3 Å². The summed E-state index contributed by atoms with van der Waals surface area (Å²) in [5.41, 5.74) is 1.34. The molecular formula is C15H16N2OS. The number of hydrogen-bond donors (Lipinski definition) is 0. The Morgan fingerprint density at radius 3 is 2.95 bits per heavy atom. The molecule has 1 saturated heterocycles. The molecule has 1 aromatic carbocycles. The largest absolute Gasteiger partial charge is 0.342 e. The average molecular weight is 272 g/mol. The van der Waals surface area contributed by atoms with Gasteiger partial charge in [-0.05, 0) is 12.0 Å². The van der Waals surface area contributed by atoms with Crippen molar-refractivity contribution in [1.29, 1.82) is 0 Å². The predicted octanol–water partition coefficient (Wildman–Crippen LogP) is 2.70. The van der Waals surface area contributed by atoms with E-state index in [-0.39, 0.29) is 5.91 Å². The molecule has 1 amide bonds. The summed E-state index contributed by atoms with van der Waals surface area (Å²) in [6, 6.07) is 10.5. The second-order valence-electron chi connectivity index (χ2n) is 4.84. The summed E-state index contributed by atoms with van der Waals surface area (Å²) in [7, 11) is 0. The third kappa shape index (κ3) is 2.84. The van der Waals surface area contributed by atoms with Crippen molar-refractivity contribution in [2.75, 3.05) is 13.1 Å². The lowest BCUT2D eigenvalue weighted by molar-refractivity contribution is -0.129. The van der Waals surface area contributed by atoms with E-state index in [9.17, 15) is 4.79 Å². The van der Waals surface area contributed by atoms with Gasteiger partial charge in [0.25, 0.3) is 0 Å². The van der Waals surface area contributed by atoms with Crippen molar-refractivity contribution in [2.24, 2.45) is 0 Å². The average Bonchev–Trinajstić information content (AvgIpc) is 3.10. The Kier molecular flexibility index (Phi) is 3.60. The van der Waals surface area contributed by atoms with Crippen molar-refractivity contribution >= 4 is 17.2 Å². The van der Waals surface area contributed by atoms with Gasteiger partial charge >= 0.3 is 0 Å². The van der Waals surface area contributed by atoms with Crippen LogP contribution in [0.4, 0.5) is 0 Å². The molecule has 0 spiro atoms. The summed E-state index contributed by atoms with van der Waals surface area (Å²) >= 11 is 1.55. The Morgan fingerprint density at radius 2 is 2.21 bits per heavy atom. The van der Waals surface area contributed by atoms with Gasteiger partial charge in [0.15, 0.2) is 0 Å². The number of nitrogens with zero attached hydrogens (tertiary/aromatic N) is 2. The Balaban J connectivity index is 1.61. The van der Waals surface area contributed by atoms with Crippen LogP contribution < -0.4 is 0 Å². The number of carbonyl (C=O) groups excluding carboxylic acids is 1. The number of benzene rings is 1. The zero-order chi connectivity index (χ0) is 13.1. The minimum absolute atomic E-state index is 0.202. The van der Waals surface area contributed by atoms with E-state index in [2.05, 4.69) is 29.2 Å². The topological polar surface area (TPSA) is 33.2 Å². The number of carbonyl (C=O) groups is 1. The Bertz CT molecular complexity index is 539. The van der Waals surface area contributed by atoms with Crippen LogP contribution in [-0.2, 0) is 11.2 Å². The lowest BCUT2D eigenvalue weighted by Crippen LogP contribution is -2.29. The Hall–Kier alpha value is -1.68. The number of rotatable bonds is 3. The number of likely N-dealkylation sites (tertiary alicyclic amines) is 1. The highest BCUT2D eigenvalue weighted by molar-refractivity contribution is 7.09. The van der Waals surface area contributed by atoms with Crippen molar-refractivity contribution in [1.82, 2.24) is 9.88 Å². The standard InChI is InChI=1S/C15H16N2OS/c18-15(10-14-16-7-9-19-14)17-8-6-13(11-17)12-4-2-1-3-5-12/h1-5,7,9,13H,6,8,10-11H2. The number of thiazole rings is 1. The zero-order valence-electron chi connectivity index (χ0n) is 10.7. The molecule has 3 nitrogen and oxygen atoms in total. The summed E-state index contributed by atoms with van der Waals surface area (Å²) < 4.78 is 0. The number of aromatic nitrogens is 1. The van der Waals surface area contributed by atoms with E-state index in [4.69, 9.17) is 0 Å². The molecule has 19 heavy (non-hydrogen) atoms. The molecule has 1 fully saturated rings. The van der Waals surface area contributed by atoms with Gasteiger partial charge in [0, 0.05) is 30.6 Å². The molecule has 0 saturated carbocycles. The van der Waals surface area contributed by atoms with Crippen molar-refractivity contribution < 1.29 is 4.79 Å². The Labute approximate surface area is 116 Å². The maximum Gasteiger partial charge on any atom is 0.229 e. The molecule has 3 rings (SSSR count). The fourth-order valence-corrected chi connectivity index (χ4v) is 3.17. The normalized spacial score (nSPS) is 18.7. The smallest absolute Gasteiger partial charge is 0.229 e. The lowest BCUT2D eigenvalue weighted by atomic mass is 9.99. The fourth-order valence-electron chi connectivity index (χ4n) is 2.57. The molecule has 98 valence electrons. The summed E-state index contributed by atoms with van der Waals surface area (Å²) in [5, 5.41) is 2.83. The van der Waals surface area contributed by atoms with Crippen LogP contribution >= 0.6 is 11.3 Å². The SMILES string of the molecule is O=C(Cc1nccs1)N1CCC(c2ccccc2)C1. The first-order valence-electron chi connectivity index (χ1n) is 6.54. The van der Waals surface area contributed by atoms with Crippen molar-refractivity contribution in [3.05, 3.63) is 52.5 Å². The van der Waals surface area contributed by atoms with Gasteiger partial charge in [-0.1, -0.05) is 30.3 Å². The molecule has 4 heteroatoms. The summed E-state index contributed by atoms with van der Waals surface area (Å²) in [6.45, 7) is 1.71. The van der Waals surface area contributed by atoms with Gasteiger partial charge in [0.1, 0.15) is 5.01 Å². The first kappa shape index (κ1) is 12.4. The van der Waals surface area contributed by atoms with E-state index in [1.54, 1.807) is 17.5 Å². The molecule has 1 atom stereocenters. The second kappa shape index (κ2) is 5.53. The van der Waals surface area contributed by atoms with E-state index in [1.165, 1.54) is 5.56 Å². The predicted molar refractivity (Wildman–Crippen MR) is 76.2 cm³/mol. The number of amides is 1. The van der Waals surface area contributed by atoms with Crippen molar-refractivity contribution in [3.8, 4) is 0 Å². The fraction of sp³-hybridized carbons (Fsp3) is 0.333. The summed E-state index contributed by atoms with van der Waals surface area (Å²) in [4.78, 5) is 18.3. The minimum Gasteiger partial charge on any atom is -0.342 e. The summed E-state index contributed by atoms with van der Waals surface area (Å²) in [5.74, 6) is 0.690. The third-order valence-corrected chi connectivity index (χ3v) is 4.38. The first-order valence-corrected chi connectivity index (χ1v) is 7.42. The minimum atomic E-state index is 0.202. The highest BCUT2D eigenvalue weighted by atomic mass is 32.1. The highest BCUT2D eigenvalue weighted by Crippen LogP contribution is 2.27. The van der Waals surface area contributed by atoms with E-state index in [0.717, 1.165) is 24.5 Å². The van der Waals surface area contributed by atoms with E-state index < -0.39 is 0 Å². The molecule has 1 aromatic heterocycles. The van der Waals surface area contributed by atoms with E-state index >= 15 is 0 Å².